The van der Waals surface area contributed by atoms with E-state index in [1.165, 1.54) is 12.6 Å². The molecule has 1 aliphatic carbocycles. The van der Waals surface area contributed by atoms with Crippen molar-refractivity contribution in [2.45, 2.75) is 32.1 Å². The molecule has 0 fully saturated rings. The Labute approximate surface area is 108 Å². The Balaban J connectivity index is 2.31. The summed E-state index contributed by atoms with van der Waals surface area (Å²) in [6, 6.07) is 0. The highest BCUT2D eigenvalue weighted by molar-refractivity contribution is 7.87. The van der Waals surface area contributed by atoms with Crippen LogP contribution in [0.2, 0.25) is 0 Å². The summed E-state index contributed by atoms with van der Waals surface area (Å²) in [5.41, 5.74) is 1.30. The number of carboxylic acid groups (broad SMARTS) is 1. The maximum absolute atomic E-state index is 11.7. The zero-order chi connectivity index (χ0) is 13.6. The minimum absolute atomic E-state index is 0.0205. The zero-order valence-electron chi connectivity index (χ0n) is 10.6. The normalized spacial score (nSPS) is 16.0. The standard InChI is InChI=1S/C11H20N2O4S/c1-13(9-7-11(14)15)18(16,17)12-8-6-10-4-2-3-5-10/h4,12H,2-3,5-9H2,1H3,(H,14,15). The van der Waals surface area contributed by atoms with Gasteiger partial charge in [0.05, 0.1) is 6.42 Å². The minimum atomic E-state index is -3.55. The van der Waals surface area contributed by atoms with Crippen LogP contribution in [0.4, 0.5) is 0 Å². The molecule has 0 unspecified atom stereocenters. The summed E-state index contributed by atoms with van der Waals surface area (Å²) in [5, 5.41) is 8.50. The molecule has 0 saturated carbocycles. The van der Waals surface area contributed by atoms with Crippen molar-refractivity contribution in [3.8, 4) is 0 Å². The number of hydrogen-bond donors (Lipinski definition) is 2. The number of rotatable bonds is 8. The third kappa shape index (κ3) is 5.16. The number of aliphatic carboxylic acids is 1. The van der Waals surface area contributed by atoms with E-state index in [9.17, 15) is 13.2 Å². The van der Waals surface area contributed by atoms with Crippen LogP contribution in [0.1, 0.15) is 32.1 Å². The van der Waals surface area contributed by atoms with Crippen LogP contribution in [0.15, 0.2) is 11.6 Å². The van der Waals surface area contributed by atoms with Gasteiger partial charge in [0.1, 0.15) is 0 Å². The molecule has 18 heavy (non-hydrogen) atoms. The molecule has 0 radical (unpaired) electrons. The highest BCUT2D eigenvalue weighted by Gasteiger charge is 2.17. The monoisotopic (exact) mass is 276 g/mol. The van der Waals surface area contributed by atoms with E-state index >= 15 is 0 Å². The number of allylic oxidation sites excluding steroid dienone is 1. The van der Waals surface area contributed by atoms with Gasteiger partial charge in [0.25, 0.3) is 10.2 Å². The van der Waals surface area contributed by atoms with Crippen LogP contribution < -0.4 is 4.72 Å². The van der Waals surface area contributed by atoms with Crippen molar-refractivity contribution >= 4 is 16.2 Å². The predicted molar refractivity (Wildman–Crippen MR) is 68.4 cm³/mol. The number of carboxylic acids is 1. The minimum Gasteiger partial charge on any atom is -0.481 e. The van der Waals surface area contributed by atoms with Crippen LogP contribution in [0, 0.1) is 0 Å². The Hall–Kier alpha value is -0.920. The van der Waals surface area contributed by atoms with Gasteiger partial charge in [-0.3, -0.25) is 4.79 Å². The third-order valence-electron chi connectivity index (χ3n) is 2.92. The molecule has 1 aliphatic rings. The Kier molecular flexibility index (Phi) is 5.77. The van der Waals surface area contributed by atoms with Gasteiger partial charge in [0.15, 0.2) is 0 Å². The molecule has 0 atom stereocenters. The van der Waals surface area contributed by atoms with E-state index in [1.807, 2.05) is 0 Å². The van der Waals surface area contributed by atoms with Gasteiger partial charge in [-0.15, -0.1) is 0 Å². The summed E-state index contributed by atoms with van der Waals surface area (Å²) in [4.78, 5) is 10.4. The molecule has 0 amide bonds. The predicted octanol–water partition coefficient (Wildman–Crippen LogP) is 0.728. The van der Waals surface area contributed by atoms with Gasteiger partial charge >= 0.3 is 5.97 Å². The summed E-state index contributed by atoms with van der Waals surface area (Å²) in [5.74, 6) is -1.01. The van der Waals surface area contributed by atoms with E-state index in [2.05, 4.69) is 10.8 Å². The Morgan fingerprint density at radius 3 is 2.83 bits per heavy atom. The average Bonchev–Trinajstić information content (AvgIpc) is 2.78. The number of nitrogens with one attached hydrogen (secondary N) is 1. The second-order valence-electron chi connectivity index (χ2n) is 4.37. The van der Waals surface area contributed by atoms with Gasteiger partial charge < -0.3 is 5.11 Å². The Morgan fingerprint density at radius 1 is 1.56 bits per heavy atom. The molecule has 0 bridgehead atoms. The summed E-state index contributed by atoms with van der Waals surface area (Å²) < 4.78 is 26.9. The second kappa shape index (κ2) is 6.86. The van der Waals surface area contributed by atoms with Crippen molar-refractivity contribution in [1.82, 2.24) is 9.03 Å². The molecule has 0 aromatic carbocycles. The van der Waals surface area contributed by atoms with Crippen molar-refractivity contribution in [2.75, 3.05) is 20.1 Å². The molecule has 0 spiro atoms. The van der Waals surface area contributed by atoms with E-state index in [-0.39, 0.29) is 13.0 Å². The van der Waals surface area contributed by atoms with Gasteiger partial charge in [-0.1, -0.05) is 11.6 Å². The van der Waals surface area contributed by atoms with Crippen molar-refractivity contribution in [2.24, 2.45) is 0 Å². The van der Waals surface area contributed by atoms with Crippen molar-refractivity contribution < 1.29 is 18.3 Å². The maximum Gasteiger partial charge on any atom is 0.304 e. The van der Waals surface area contributed by atoms with Crippen LogP contribution in [-0.2, 0) is 15.0 Å². The van der Waals surface area contributed by atoms with Crippen LogP contribution in [0.25, 0.3) is 0 Å². The number of hydrogen-bond acceptors (Lipinski definition) is 3. The van der Waals surface area contributed by atoms with Crippen molar-refractivity contribution in [3.63, 3.8) is 0 Å². The fourth-order valence-electron chi connectivity index (χ4n) is 1.79. The Bertz CT molecular complexity index is 417. The van der Waals surface area contributed by atoms with Gasteiger partial charge in [-0.05, 0) is 25.7 Å². The highest BCUT2D eigenvalue weighted by atomic mass is 32.2. The summed E-state index contributed by atoms with van der Waals surface area (Å²) in [6.07, 6.45) is 5.98. The topological polar surface area (TPSA) is 86.7 Å². The van der Waals surface area contributed by atoms with Crippen LogP contribution in [0.5, 0.6) is 0 Å². The lowest BCUT2D eigenvalue weighted by Gasteiger charge is -2.16. The summed E-state index contributed by atoms with van der Waals surface area (Å²) in [7, 11) is -2.18. The van der Waals surface area contributed by atoms with Gasteiger partial charge in [0, 0.05) is 20.1 Å². The molecule has 2 N–H and O–H groups in total. The van der Waals surface area contributed by atoms with Crippen LogP contribution in [0.3, 0.4) is 0 Å². The van der Waals surface area contributed by atoms with E-state index in [4.69, 9.17) is 5.11 Å². The second-order valence-corrected chi connectivity index (χ2v) is 6.23. The van der Waals surface area contributed by atoms with Crippen molar-refractivity contribution in [1.29, 1.82) is 0 Å². The van der Waals surface area contributed by atoms with E-state index in [0.717, 1.165) is 30.0 Å². The fourth-order valence-corrected chi connectivity index (χ4v) is 2.70. The first-order valence-electron chi connectivity index (χ1n) is 6.02. The summed E-state index contributed by atoms with van der Waals surface area (Å²) in [6.45, 7) is 0.346. The fraction of sp³-hybridized carbons (Fsp3) is 0.727. The van der Waals surface area contributed by atoms with E-state index in [1.54, 1.807) is 0 Å². The molecule has 0 aliphatic heterocycles. The molecular weight excluding hydrogens is 256 g/mol. The Morgan fingerprint density at radius 2 is 2.28 bits per heavy atom. The first kappa shape index (κ1) is 15.1. The van der Waals surface area contributed by atoms with Crippen LogP contribution >= 0.6 is 0 Å². The molecular formula is C11H20N2O4S. The highest BCUT2D eigenvalue weighted by Crippen LogP contribution is 2.19. The van der Waals surface area contributed by atoms with Crippen LogP contribution in [-0.4, -0.2) is 43.9 Å². The number of carbonyl (C=O) groups is 1. The summed E-state index contributed by atoms with van der Waals surface area (Å²) >= 11 is 0. The third-order valence-corrected chi connectivity index (χ3v) is 4.49. The molecule has 1 rings (SSSR count). The molecule has 104 valence electrons. The largest absolute Gasteiger partial charge is 0.481 e. The smallest absolute Gasteiger partial charge is 0.304 e. The van der Waals surface area contributed by atoms with Gasteiger partial charge in [0.2, 0.25) is 0 Å². The van der Waals surface area contributed by atoms with Gasteiger partial charge in [-0.25, -0.2) is 4.72 Å². The molecule has 0 aromatic heterocycles. The van der Waals surface area contributed by atoms with E-state index < -0.39 is 16.2 Å². The van der Waals surface area contributed by atoms with E-state index in [0.29, 0.717) is 6.54 Å². The average molecular weight is 276 g/mol. The zero-order valence-corrected chi connectivity index (χ0v) is 11.4. The lowest BCUT2D eigenvalue weighted by Crippen LogP contribution is -2.39. The molecule has 0 aromatic rings. The SMILES string of the molecule is CN(CCC(=O)O)S(=O)(=O)NCCC1=CCCC1. The van der Waals surface area contributed by atoms with Crippen molar-refractivity contribution in [3.05, 3.63) is 11.6 Å². The molecule has 7 heteroatoms. The first-order chi connectivity index (χ1) is 8.42. The quantitative estimate of drug-likeness (QED) is 0.640. The first-order valence-corrected chi connectivity index (χ1v) is 7.46. The molecule has 0 saturated heterocycles. The number of nitrogens with zero attached hydrogens (tertiary/aromatic N) is 1. The maximum atomic E-state index is 11.7. The van der Waals surface area contributed by atoms with Gasteiger partial charge in [-0.2, -0.15) is 12.7 Å². The molecule has 0 heterocycles. The lowest BCUT2D eigenvalue weighted by atomic mass is 10.2. The lowest BCUT2D eigenvalue weighted by molar-refractivity contribution is -0.137. The molecule has 6 nitrogen and oxygen atoms in total.